The first-order valence-electron chi connectivity index (χ1n) is 10.5. The first-order chi connectivity index (χ1) is 13.3. The van der Waals surface area contributed by atoms with Gasteiger partial charge >= 0.3 is 0 Å². The number of aliphatic imine (C=N–C) groups is 2. The molecule has 0 fully saturated rings. The van der Waals surface area contributed by atoms with Crippen LogP contribution in [0.3, 0.4) is 0 Å². The summed E-state index contributed by atoms with van der Waals surface area (Å²) in [5.41, 5.74) is 7.83. The molecule has 0 amide bonds. The van der Waals surface area contributed by atoms with Crippen LogP contribution in [0.2, 0.25) is 0 Å². The van der Waals surface area contributed by atoms with Crippen LogP contribution in [-0.4, -0.2) is 38.1 Å². The molecule has 2 aliphatic rings. The number of nitrogens with zero attached hydrogens (tertiary/aromatic N) is 2. The molecule has 0 atom stereocenters. The predicted octanol–water partition coefficient (Wildman–Crippen LogP) is 3.26. The van der Waals surface area contributed by atoms with Crippen molar-refractivity contribution in [3.8, 4) is 0 Å². The van der Waals surface area contributed by atoms with E-state index in [2.05, 4.69) is 57.1 Å². The number of anilines is 1. The van der Waals surface area contributed by atoms with Gasteiger partial charge in [-0.15, -0.1) is 0 Å². The van der Waals surface area contributed by atoms with Gasteiger partial charge < -0.3 is 21.7 Å². The Labute approximate surface area is 164 Å². The van der Waals surface area contributed by atoms with Crippen LogP contribution in [0, 0.1) is 0 Å². The highest BCUT2D eigenvalue weighted by Gasteiger charge is 2.04. The summed E-state index contributed by atoms with van der Waals surface area (Å²) in [6.07, 6.45) is 10.5. The van der Waals surface area contributed by atoms with Crippen LogP contribution in [0.15, 0.2) is 34.3 Å². The molecule has 0 bridgehead atoms. The molecule has 2 heterocycles. The topological polar surface area (TPSA) is 86.8 Å². The molecule has 1 aromatic carbocycles. The van der Waals surface area contributed by atoms with Crippen LogP contribution < -0.4 is 21.7 Å². The summed E-state index contributed by atoms with van der Waals surface area (Å²) in [7, 11) is 0. The third-order valence-electron chi connectivity index (χ3n) is 4.63. The zero-order valence-corrected chi connectivity index (χ0v) is 16.8. The fraction of sp³-hybridized carbons (Fsp3) is 0.619. The Morgan fingerprint density at radius 3 is 2.30 bits per heavy atom. The van der Waals surface area contributed by atoms with Gasteiger partial charge in [0, 0.05) is 25.3 Å². The fourth-order valence-corrected chi connectivity index (χ4v) is 3.03. The van der Waals surface area contributed by atoms with E-state index in [-0.39, 0.29) is 0 Å². The van der Waals surface area contributed by atoms with Gasteiger partial charge in [0.05, 0.1) is 6.54 Å². The molecule has 0 unspecified atom stereocenters. The Hall–Kier alpha value is -2.24. The summed E-state index contributed by atoms with van der Waals surface area (Å²) in [4.78, 5) is 8.25. The van der Waals surface area contributed by atoms with Gasteiger partial charge in [0.15, 0.2) is 11.9 Å². The van der Waals surface area contributed by atoms with Crippen LogP contribution in [0.4, 0.5) is 5.69 Å². The van der Waals surface area contributed by atoms with Gasteiger partial charge in [-0.1, -0.05) is 51.2 Å². The summed E-state index contributed by atoms with van der Waals surface area (Å²) in [5.74, 6) is 1.49. The quantitative estimate of drug-likeness (QED) is 0.528. The van der Waals surface area contributed by atoms with Crippen LogP contribution >= 0.6 is 0 Å². The number of hydrogen-bond donors (Lipinski definition) is 4. The number of nitrogens with one attached hydrogen (secondary N) is 3. The Bertz CT molecular complexity index is 579. The molecule has 0 spiro atoms. The molecule has 6 heteroatoms. The number of rotatable bonds is 8. The molecule has 2 aliphatic heterocycles. The number of hydrogen-bond acceptors (Lipinski definition) is 6. The lowest BCUT2D eigenvalue weighted by atomic mass is 10.0. The molecule has 0 aromatic heterocycles. The number of nitrogens with two attached hydrogens (primary N) is 1. The highest BCUT2D eigenvalue weighted by Crippen LogP contribution is 2.13. The minimum Gasteiger partial charge on any atom is -0.370 e. The Kier molecular flexibility index (Phi) is 10.1. The molecular weight excluding hydrogens is 336 g/mol. The molecule has 6 nitrogen and oxygen atoms in total. The standard InChI is InChI=1S/C17H27N3.C4H9N3/c1-2-3-4-5-6-7-8-15-9-11-16(12-10-15)20-17-18-13-14-19-17;5-4-6-2-1-3-7-4/h9-12H,2-8,13-14H2,1H3,(H2,18,19,20);1-3H2,(H3,5,6,7). The molecule has 150 valence electrons. The van der Waals surface area contributed by atoms with Crippen LogP contribution in [-0.2, 0) is 6.42 Å². The van der Waals surface area contributed by atoms with Crippen molar-refractivity contribution in [2.75, 3.05) is 31.5 Å². The van der Waals surface area contributed by atoms with Crippen molar-refractivity contribution in [3.63, 3.8) is 0 Å². The number of aryl methyl sites for hydroxylation is 1. The number of guanidine groups is 2. The molecule has 3 rings (SSSR count). The van der Waals surface area contributed by atoms with Gasteiger partial charge in [-0.05, 0) is 37.0 Å². The van der Waals surface area contributed by atoms with Crippen molar-refractivity contribution >= 4 is 17.6 Å². The molecule has 1 aromatic rings. The average Bonchev–Trinajstić information content (AvgIpc) is 3.20. The largest absolute Gasteiger partial charge is 0.370 e. The first kappa shape index (κ1) is 21.1. The Morgan fingerprint density at radius 1 is 0.926 bits per heavy atom. The van der Waals surface area contributed by atoms with Crippen molar-refractivity contribution in [3.05, 3.63) is 29.8 Å². The lowest BCUT2D eigenvalue weighted by Crippen LogP contribution is -2.35. The smallest absolute Gasteiger partial charge is 0.195 e. The van der Waals surface area contributed by atoms with Crippen molar-refractivity contribution in [1.29, 1.82) is 0 Å². The van der Waals surface area contributed by atoms with Gasteiger partial charge in [0.25, 0.3) is 0 Å². The maximum Gasteiger partial charge on any atom is 0.195 e. The van der Waals surface area contributed by atoms with Gasteiger partial charge in [0.1, 0.15) is 0 Å². The molecule has 27 heavy (non-hydrogen) atoms. The minimum atomic E-state index is 0.589. The zero-order valence-electron chi connectivity index (χ0n) is 16.8. The molecular formula is C21H36N6. The van der Waals surface area contributed by atoms with Crippen molar-refractivity contribution in [2.45, 2.75) is 58.3 Å². The fourth-order valence-electron chi connectivity index (χ4n) is 3.03. The van der Waals surface area contributed by atoms with E-state index in [1.165, 1.54) is 50.5 Å². The number of benzene rings is 1. The predicted molar refractivity (Wildman–Crippen MR) is 117 cm³/mol. The van der Waals surface area contributed by atoms with Gasteiger partial charge in [-0.3, -0.25) is 9.98 Å². The van der Waals surface area contributed by atoms with Crippen LogP contribution in [0.1, 0.15) is 57.4 Å². The zero-order chi connectivity index (χ0) is 19.2. The second-order valence-corrected chi connectivity index (χ2v) is 7.04. The second kappa shape index (κ2) is 13.0. The summed E-state index contributed by atoms with van der Waals surface area (Å²) >= 11 is 0. The lowest BCUT2D eigenvalue weighted by molar-refractivity contribution is 0.607. The Morgan fingerprint density at radius 2 is 1.70 bits per heavy atom. The van der Waals surface area contributed by atoms with E-state index < -0.39 is 0 Å². The highest BCUT2D eigenvalue weighted by molar-refractivity contribution is 5.94. The maximum atomic E-state index is 5.27. The average molecular weight is 373 g/mol. The summed E-state index contributed by atoms with van der Waals surface area (Å²) in [6, 6.07) is 8.75. The van der Waals surface area contributed by atoms with Gasteiger partial charge in [-0.25, -0.2) is 0 Å². The minimum absolute atomic E-state index is 0.589. The van der Waals surface area contributed by atoms with E-state index in [0.717, 1.165) is 44.2 Å². The van der Waals surface area contributed by atoms with E-state index in [1.807, 2.05) is 0 Å². The van der Waals surface area contributed by atoms with Crippen LogP contribution in [0.5, 0.6) is 0 Å². The van der Waals surface area contributed by atoms with Crippen molar-refractivity contribution in [2.24, 2.45) is 15.7 Å². The third-order valence-corrected chi connectivity index (χ3v) is 4.63. The molecule has 0 saturated carbocycles. The van der Waals surface area contributed by atoms with Crippen LogP contribution in [0.25, 0.3) is 0 Å². The number of unbranched alkanes of at least 4 members (excludes halogenated alkanes) is 5. The molecule has 0 radical (unpaired) electrons. The molecule has 0 saturated heterocycles. The van der Waals surface area contributed by atoms with E-state index in [4.69, 9.17) is 5.73 Å². The molecule has 0 aliphatic carbocycles. The first-order valence-corrected chi connectivity index (χ1v) is 10.5. The van der Waals surface area contributed by atoms with Crippen molar-refractivity contribution < 1.29 is 0 Å². The SMILES string of the molecule is CCCCCCCCc1ccc(NC2=NCCN2)cc1.NC1=NCCCN1. The second-order valence-electron chi connectivity index (χ2n) is 7.04. The highest BCUT2D eigenvalue weighted by atomic mass is 15.2. The lowest BCUT2D eigenvalue weighted by Gasteiger charge is -2.08. The maximum absolute atomic E-state index is 5.27. The third kappa shape index (κ3) is 9.31. The molecule has 5 N–H and O–H groups in total. The summed E-state index contributed by atoms with van der Waals surface area (Å²) in [6.45, 7) is 5.95. The van der Waals surface area contributed by atoms with Gasteiger partial charge in [0.2, 0.25) is 0 Å². The van der Waals surface area contributed by atoms with Gasteiger partial charge in [-0.2, -0.15) is 0 Å². The monoisotopic (exact) mass is 372 g/mol. The van der Waals surface area contributed by atoms with E-state index in [0.29, 0.717) is 5.96 Å². The summed E-state index contributed by atoms with van der Waals surface area (Å²) < 4.78 is 0. The van der Waals surface area contributed by atoms with E-state index in [9.17, 15) is 0 Å². The van der Waals surface area contributed by atoms with E-state index in [1.54, 1.807) is 0 Å². The van der Waals surface area contributed by atoms with E-state index >= 15 is 0 Å². The normalized spacial score (nSPS) is 15.6. The summed E-state index contributed by atoms with van der Waals surface area (Å²) in [5, 5.41) is 9.42. The Balaban J connectivity index is 0.000000313. The van der Waals surface area contributed by atoms with Crippen molar-refractivity contribution in [1.82, 2.24) is 10.6 Å².